The van der Waals surface area contributed by atoms with Crippen LogP contribution >= 0.6 is 11.3 Å². The largest absolute Gasteiger partial charge is 0.360 e. The average Bonchev–Trinajstić information content (AvgIpc) is 3.20. The van der Waals surface area contributed by atoms with Gasteiger partial charge in [-0.3, -0.25) is 14.9 Å². The molecule has 1 aliphatic heterocycles. The number of thiophene rings is 1. The molecule has 7 nitrogen and oxygen atoms in total. The molecular weight excluding hydrogens is 364 g/mol. The van der Waals surface area contributed by atoms with E-state index in [0.717, 1.165) is 38.4 Å². The molecule has 0 saturated carbocycles. The lowest BCUT2D eigenvalue weighted by Crippen LogP contribution is -3.15. The first-order valence-electron chi connectivity index (χ1n) is 9.20. The smallest absolute Gasteiger partial charge is 0.278 e. The molecule has 1 amide bonds. The first-order valence-corrected chi connectivity index (χ1v) is 10.1. The zero-order valence-corrected chi connectivity index (χ0v) is 16.3. The number of rotatable bonds is 7. The number of hydrogen-bond acceptors (Lipinski definition) is 5. The number of nitrogens with one attached hydrogen (secondary N) is 1. The van der Waals surface area contributed by atoms with E-state index >= 15 is 0 Å². The number of hydrogen-bond donors (Lipinski definition) is 1. The lowest BCUT2D eigenvalue weighted by molar-refractivity contribution is -0.892. The fourth-order valence-corrected chi connectivity index (χ4v) is 4.06. The lowest BCUT2D eigenvalue weighted by Gasteiger charge is -2.34. The molecule has 8 heteroatoms. The van der Waals surface area contributed by atoms with E-state index in [4.69, 9.17) is 0 Å². The number of nitro benzene ring substituents is 1. The monoisotopic (exact) mass is 389 g/mol. The number of nitrogens with zero attached hydrogens (tertiary/aromatic N) is 3. The van der Waals surface area contributed by atoms with Gasteiger partial charge in [0.25, 0.3) is 11.6 Å². The van der Waals surface area contributed by atoms with Crippen LogP contribution in [0.4, 0.5) is 11.4 Å². The van der Waals surface area contributed by atoms with Gasteiger partial charge in [0.1, 0.15) is 0 Å². The first-order chi connectivity index (χ1) is 13.1. The molecule has 0 unspecified atom stereocenters. The molecule has 27 heavy (non-hydrogen) atoms. The van der Waals surface area contributed by atoms with Gasteiger partial charge in [0, 0.05) is 29.2 Å². The Morgan fingerprint density at radius 3 is 2.52 bits per heavy atom. The van der Waals surface area contributed by atoms with Crippen LogP contribution in [0.1, 0.15) is 11.8 Å². The summed E-state index contributed by atoms with van der Waals surface area (Å²) in [5.41, 5.74) is 1.11. The number of carbonyl (C=O) groups excluding carboxylic acids is 1. The first kappa shape index (κ1) is 19.3. The fraction of sp³-hybridized carbons (Fsp3) is 0.421. The van der Waals surface area contributed by atoms with Crippen LogP contribution < -0.4 is 9.80 Å². The second-order valence-corrected chi connectivity index (χ2v) is 7.71. The number of benzene rings is 1. The molecule has 1 N–H and O–H groups in total. The molecule has 0 atom stereocenters. The highest BCUT2D eigenvalue weighted by Crippen LogP contribution is 2.19. The van der Waals surface area contributed by atoms with Crippen LogP contribution in [-0.4, -0.2) is 55.0 Å². The quantitative estimate of drug-likeness (QED) is 0.574. The Kier molecular flexibility index (Phi) is 6.41. The van der Waals surface area contributed by atoms with Crippen molar-refractivity contribution in [3.63, 3.8) is 0 Å². The Morgan fingerprint density at radius 2 is 1.96 bits per heavy atom. The van der Waals surface area contributed by atoms with Crippen molar-refractivity contribution in [2.45, 2.75) is 13.5 Å². The number of anilines is 1. The van der Waals surface area contributed by atoms with Gasteiger partial charge in [-0.2, -0.15) is 0 Å². The van der Waals surface area contributed by atoms with Gasteiger partial charge in [0.2, 0.25) is 0 Å². The maximum Gasteiger partial charge on any atom is 0.278 e. The Morgan fingerprint density at radius 1 is 1.26 bits per heavy atom. The van der Waals surface area contributed by atoms with Crippen LogP contribution in [-0.2, 0) is 11.3 Å². The highest BCUT2D eigenvalue weighted by Gasteiger charge is 2.25. The molecule has 0 radical (unpaired) electrons. The van der Waals surface area contributed by atoms with E-state index in [1.165, 1.54) is 9.78 Å². The summed E-state index contributed by atoms with van der Waals surface area (Å²) >= 11 is 1.68. The van der Waals surface area contributed by atoms with Crippen LogP contribution in [0.5, 0.6) is 0 Å². The third-order valence-corrected chi connectivity index (χ3v) is 5.82. The second-order valence-electron chi connectivity index (χ2n) is 6.67. The van der Waals surface area contributed by atoms with E-state index in [1.807, 2.05) is 23.3 Å². The van der Waals surface area contributed by atoms with Crippen LogP contribution in [0.15, 0.2) is 41.8 Å². The van der Waals surface area contributed by atoms with Gasteiger partial charge >= 0.3 is 0 Å². The minimum atomic E-state index is -0.382. The number of likely N-dealkylation sites (N-methyl/N-ethyl adjacent to an activating group) is 1. The van der Waals surface area contributed by atoms with Crippen molar-refractivity contribution in [3.05, 3.63) is 56.8 Å². The van der Waals surface area contributed by atoms with E-state index in [2.05, 4.69) is 11.0 Å². The van der Waals surface area contributed by atoms with Crippen LogP contribution in [0.25, 0.3) is 0 Å². The molecule has 1 aromatic heterocycles. The molecule has 144 valence electrons. The highest BCUT2D eigenvalue weighted by atomic mass is 32.1. The summed E-state index contributed by atoms with van der Waals surface area (Å²) in [6, 6.07) is 10.8. The van der Waals surface area contributed by atoms with Gasteiger partial charge < -0.3 is 14.7 Å². The summed E-state index contributed by atoms with van der Waals surface area (Å²) in [5, 5.41) is 12.8. The highest BCUT2D eigenvalue weighted by molar-refractivity contribution is 7.09. The van der Waals surface area contributed by atoms with Gasteiger partial charge in [-0.1, -0.05) is 6.07 Å². The summed E-state index contributed by atoms with van der Waals surface area (Å²) in [6.45, 7) is 7.42. The topological polar surface area (TPSA) is 71.1 Å². The van der Waals surface area contributed by atoms with Crippen molar-refractivity contribution in [2.75, 3.05) is 44.2 Å². The Labute approximate surface area is 163 Å². The molecule has 1 saturated heterocycles. The van der Waals surface area contributed by atoms with Crippen molar-refractivity contribution in [1.29, 1.82) is 0 Å². The standard InChI is InChI=1S/C19H24N4O3S/c1-2-21(14-18-4-3-13-27-18)19(24)15-20-9-11-22(12-10-20)16-5-7-17(8-6-16)23(25)26/h3-8,13H,2,9-12,14-15H2,1H3/p+1. The van der Waals surface area contributed by atoms with Crippen molar-refractivity contribution < 1.29 is 14.6 Å². The molecular formula is C19H25N4O3S+. The number of amides is 1. The van der Waals surface area contributed by atoms with Crippen LogP contribution in [0.2, 0.25) is 0 Å². The maximum absolute atomic E-state index is 12.7. The fourth-order valence-electron chi connectivity index (χ4n) is 3.34. The lowest BCUT2D eigenvalue weighted by atomic mass is 10.2. The SMILES string of the molecule is CCN(Cc1cccs1)C(=O)C[NH+]1CCN(c2ccc([N+](=O)[O-])cc2)CC1. The zero-order valence-electron chi connectivity index (χ0n) is 15.5. The van der Waals surface area contributed by atoms with Gasteiger partial charge in [-0.15, -0.1) is 11.3 Å². The van der Waals surface area contributed by atoms with Crippen molar-refractivity contribution in [2.24, 2.45) is 0 Å². The van der Waals surface area contributed by atoms with E-state index < -0.39 is 0 Å². The molecule has 1 fully saturated rings. The summed E-state index contributed by atoms with van der Waals surface area (Å²) < 4.78 is 0. The third kappa shape index (κ3) is 5.05. The summed E-state index contributed by atoms with van der Waals surface area (Å²) in [6.07, 6.45) is 0. The minimum Gasteiger partial charge on any atom is -0.360 e. The number of quaternary nitrogens is 1. The van der Waals surface area contributed by atoms with Crippen molar-refractivity contribution >= 4 is 28.6 Å². The Bertz CT molecular complexity index is 756. The van der Waals surface area contributed by atoms with Crippen LogP contribution in [0.3, 0.4) is 0 Å². The molecule has 1 aliphatic rings. The third-order valence-electron chi connectivity index (χ3n) is 4.96. The minimum absolute atomic E-state index is 0.110. The van der Waals surface area contributed by atoms with E-state index in [1.54, 1.807) is 35.6 Å². The van der Waals surface area contributed by atoms with Crippen molar-refractivity contribution in [3.8, 4) is 0 Å². The van der Waals surface area contributed by atoms with E-state index in [-0.39, 0.29) is 16.5 Å². The molecule has 1 aromatic carbocycles. The number of piperazine rings is 1. The van der Waals surface area contributed by atoms with E-state index in [0.29, 0.717) is 13.1 Å². The maximum atomic E-state index is 12.7. The number of carbonyl (C=O) groups is 1. The van der Waals surface area contributed by atoms with Gasteiger partial charge in [-0.25, -0.2) is 0 Å². The van der Waals surface area contributed by atoms with Gasteiger partial charge in [0.15, 0.2) is 6.54 Å². The summed E-state index contributed by atoms with van der Waals surface area (Å²) in [7, 11) is 0. The average molecular weight is 390 g/mol. The Hall–Kier alpha value is -2.45. The molecule has 2 heterocycles. The number of non-ortho nitro benzene ring substituents is 1. The summed E-state index contributed by atoms with van der Waals surface area (Å²) in [4.78, 5) is 29.7. The molecule has 0 spiro atoms. The van der Waals surface area contributed by atoms with Gasteiger partial charge in [0.05, 0.1) is 37.6 Å². The van der Waals surface area contributed by atoms with Crippen LogP contribution in [0, 0.1) is 10.1 Å². The van der Waals surface area contributed by atoms with Gasteiger partial charge in [-0.05, 0) is 30.5 Å². The second kappa shape index (κ2) is 8.96. The number of nitro groups is 1. The zero-order chi connectivity index (χ0) is 19.2. The Balaban J connectivity index is 1.49. The molecule has 2 aromatic rings. The normalized spacial score (nSPS) is 14.9. The molecule has 0 aliphatic carbocycles. The van der Waals surface area contributed by atoms with E-state index in [9.17, 15) is 14.9 Å². The summed E-state index contributed by atoms with van der Waals surface area (Å²) in [5.74, 6) is 0.199. The van der Waals surface area contributed by atoms with Crippen molar-refractivity contribution in [1.82, 2.24) is 4.90 Å². The predicted octanol–water partition coefficient (Wildman–Crippen LogP) is 1.41. The molecule has 3 rings (SSSR count). The predicted molar refractivity (Wildman–Crippen MR) is 106 cm³/mol. The molecule has 0 bridgehead atoms.